The molecule has 1 unspecified atom stereocenters. The van der Waals surface area contributed by atoms with Gasteiger partial charge in [0.05, 0.1) is 20.1 Å². The maximum Gasteiger partial charge on any atom is 0.227 e. The smallest absolute Gasteiger partial charge is 0.227 e. The third-order valence-corrected chi connectivity index (χ3v) is 4.45. The fourth-order valence-electron chi connectivity index (χ4n) is 2.95. The minimum atomic E-state index is -0.995. The van der Waals surface area contributed by atoms with Crippen LogP contribution in [0.25, 0.3) is 0 Å². The van der Waals surface area contributed by atoms with Crippen molar-refractivity contribution in [1.82, 2.24) is 4.90 Å². The SMILES string of the molecule is COc1ccc(CC(=O)N2CCC(O)(COc3ccccc3)C2)cc1. The Hall–Kier alpha value is -2.53. The fraction of sp³-hybridized carbons (Fsp3) is 0.350. The van der Waals surface area contributed by atoms with Gasteiger partial charge in [-0.15, -0.1) is 0 Å². The van der Waals surface area contributed by atoms with Crippen molar-refractivity contribution in [1.29, 1.82) is 0 Å². The van der Waals surface area contributed by atoms with Crippen LogP contribution in [0.5, 0.6) is 11.5 Å². The zero-order chi connectivity index (χ0) is 17.7. The van der Waals surface area contributed by atoms with Gasteiger partial charge in [-0.1, -0.05) is 30.3 Å². The van der Waals surface area contributed by atoms with Gasteiger partial charge in [0.2, 0.25) is 5.91 Å². The van der Waals surface area contributed by atoms with E-state index >= 15 is 0 Å². The van der Waals surface area contributed by atoms with Crippen molar-refractivity contribution in [3.8, 4) is 11.5 Å². The first kappa shape index (κ1) is 17.3. The maximum absolute atomic E-state index is 12.5. The van der Waals surface area contributed by atoms with Gasteiger partial charge < -0.3 is 19.5 Å². The van der Waals surface area contributed by atoms with E-state index in [0.717, 1.165) is 17.1 Å². The number of methoxy groups -OCH3 is 1. The molecule has 0 spiro atoms. The molecule has 0 bridgehead atoms. The second-order valence-electron chi connectivity index (χ2n) is 6.42. The Balaban J connectivity index is 1.53. The third-order valence-electron chi connectivity index (χ3n) is 4.45. The molecule has 1 atom stereocenters. The Morgan fingerprint density at radius 1 is 1.12 bits per heavy atom. The lowest BCUT2D eigenvalue weighted by Crippen LogP contribution is -2.41. The van der Waals surface area contributed by atoms with E-state index in [9.17, 15) is 9.90 Å². The predicted molar refractivity (Wildman–Crippen MR) is 94.8 cm³/mol. The molecule has 1 heterocycles. The van der Waals surface area contributed by atoms with E-state index in [0.29, 0.717) is 25.9 Å². The molecule has 1 aliphatic heterocycles. The Bertz CT molecular complexity index is 701. The normalized spacial score (nSPS) is 19.7. The number of amides is 1. The molecule has 25 heavy (non-hydrogen) atoms. The van der Waals surface area contributed by atoms with Crippen LogP contribution in [0.1, 0.15) is 12.0 Å². The van der Waals surface area contributed by atoms with Gasteiger partial charge in [0, 0.05) is 6.54 Å². The van der Waals surface area contributed by atoms with Crippen molar-refractivity contribution >= 4 is 5.91 Å². The van der Waals surface area contributed by atoms with E-state index in [-0.39, 0.29) is 12.5 Å². The largest absolute Gasteiger partial charge is 0.497 e. The van der Waals surface area contributed by atoms with Gasteiger partial charge in [-0.05, 0) is 36.2 Å². The summed E-state index contributed by atoms with van der Waals surface area (Å²) in [6.45, 7) is 1.03. The number of rotatable bonds is 6. The number of likely N-dealkylation sites (tertiary alicyclic amines) is 1. The molecule has 1 N–H and O–H groups in total. The molecule has 3 rings (SSSR count). The topological polar surface area (TPSA) is 59.0 Å². The fourth-order valence-corrected chi connectivity index (χ4v) is 2.95. The quantitative estimate of drug-likeness (QED) is 0.876. The van der Waals surface area contributed by atoms with Crippen molar-refractivity contribution < 1.29 is 19.4 Å². The maximum atomic E-state index is 12.5. The second-order valence-corrected chi connectivity index (χ2v) is 6.42. The number of ether oxygens (including phenoxy) is 2. The third kappa shape index (κ3) is 4.51. The van der Waals surface area contributed by atoms with E-state index in [1.165, 1.54) is 0 Å². The number of benzene rings is 2. The van der Waals surface area contributed by atoms with Crippen molar-refractivity contribution in [2.75, 3.05) is 26.8 Å². The number of aliphatic hydroxyl groups is 1. The van der Waals surface area contributed by atoms with Crippen LogP contribution in [0.15, 0.2) is 54.6 Å². The Morgan fingerprint density at radius 3 is 2.52 bits per heavy atom. The number of hydrogen-bond donors (Lipinski definition) is 1. The number of para-hydroxylation sites is 1. The Labute approximate surface area is 147 Å². The van der Waals surface area contributed by atoms with Crippen LogP contribution in [0.4, 0.5) is 0 Å². The average molecular weight is 341 g/mol. The number of carbonyl (C=O) groups excluding carboxylic acids is 1. The number of β-amino-alcohol motifs (C(OH)–C–C–N with tert-alkyl or cyclic N) is 1. The molecule has 0 saturated carbocycles. The molecular weight excluding hydrogens is 318 g/mol. The van der Waals surface area contributed by atoms with Crippen LogP contribution < -0.4 is 9.47 Å². The summed E-state index contributed by atoms with van der Waals surface area (Å²) < 4.78 is 10.8. The van der Waals surface area contributed by atoms with Crippen molar-refractivity contribution in [2.45, 2.75) is 18.4 Å². The minimum absolute atomic E-state index is 0.0146. The molecule has 0 radical (unpaired) electrons. The van der Waals surface area contributed by atoms with Crippen LogP contribution >= 0.6 is 0 Å². The molecule has 1 aliphatic rings. The molecule has 5 heteroatoms. The van der Waals surface area contributed by atoms with Crippen molar-refractivity contribution in [3.05, 3.63) is 60.2 Å². The molecule has 0 aliphatic carbocycles. The highest BCUT2D eigenvalue weighted by Crippen LogP contribution is 2.24. The summed E-state index contributed by atoms with van der Waals surface area (Å²) >= 11 is 0. The summed E-state index contributed by atoms with van der Waals surface area (Å²) in [4.78, 5) is 14.2. The molecule has 1 fully saturated rings. The summed E-state index contributed by atoms with van der Waals surface area (Å²) in [6, 6.07) is 16.9. The molecule has 2 aromatic rings. The van der Waals surface area contributed by atoms with Gasteiger partial charge >= 0.3 is 0 Å². The lowest BCUT2D eigenvalue weighted by Gasteiger charge is -2.23. The van der Waals surface area contributed by atoms with Gasteiger partial charge in [0.25, 0.3) is 0 Å². The molecule has 5 nitrogen and oxygen atoms in total. The van der Waals surface area contributed by atoms with Gasteiger partial charge in [-0.3, -0.25) is 4.79 Å². The van der Waals surface area contributed by atoms with Gasteiger partial charge in [-0.25, -0.2) is 0 Å². The highest BCUT2D eigenvalue weighted by molar-refractivity contribution is 5.79. The van der Waals surface area contributed by atoms with Gasteiger partial charge in [-0.2, -0.15) is 0 Å². The van der Waals surface area contributed by atoms with E-state index < -0.39 is 5.60 Å². The van der Waals surface area contributed by atoms with Crippen LogP contribution in [-0.2, 0) is 11.2 Å². The lowest BCUT2D eigenvalue weighted by molar-refractivity contribution is -0.130. The molecule has 2 aromatic carbocycles. The second kappa shape index (κ2) is 7.57. The van der Waals surface area contributed by atoms with Gasteiger partial charge in [0.1, 0.15) is 23.7 Å². The van der Waals surface area contributed by atoms with E-state index in [1.807, 2.05) is 54.6 Å². The Kier molecular flexibility index (Phi) is 5.24. The zero-order valence-corrected chi connectivity index (χ0v) is 14.4. The predicted octanol–water partition coefficient (Wildman–Crippen LogP) is 2.28. The first-order valence-corrected chi connectivity index (χ1v) is 8.39. The van der Waals surface area contributed by atoms with Crippen LogP contribution in [0.3, 0.4) is 0 Å². The molecular formula is C20H23NO4. The highest BCUT2D eigenvalue weighted by Gasteiger charge is 2.38. The van der Waals surface area contributed by atoms with Crippen LogP contribution in [0.2, 0.25) is 0 Å². The summed E-state index contributed by atoms with van der Waals surface area (Å²) in [5.74, 6) is 1.50. The monoisotopic (exact) mass is 341 g/mol. The standard InChI is InChI=1S/C20H23NO4/c1-24-17-9-7-16(8-10-17)13-19(22)21-12-11-20(23,14-21)15-25-18-5-3-2-4-6-18/h2-10,23H,11-15H2,1H3. The molecule has 0 aromatic heterocycles. The summed E-state index contributed by atoms with van der Waals surface area (Å²) in [5.41, 5.74) is -0.0624. The van der Waals surface area contributed by atoms with Crippen LogP contribution in [0, 0.1) is 0 Å². The summed E-state index contributed by atoms with van der Waals surface area (Å²) in [7, 11) is 1.61. The van der Waals surface area contributed by atoms with Crippen molar-refractivity contribution in [2.24, 2.45) is 0 Å². The zero-order valence-electron chi connectivity index (χ0n) is 14.4. The molecule has 132 valence electrons. The average Bonchev–Trinajstić information content (AvgIpc) is 3.04. The molecule has 1 saturated heterocycles. The molecule has 1 amide bonds. The van der Waals surface area contributed by atoms with E-state index in [2.05, 4.69) is 0 Å². The lowest BCUT2D eigenvalue weighted by atomic mass is 10.1. The Morgan fingerprint density at radius 2 is 1.84 bits per heavy atom. The highest BCUT2D eigenvalue weighted by atomic mass is 16.5. The van der Waals surface area contributed by atoms with E-state index in [1.54, 1.807) is 12.0 Å². The van der Waals surface area contributed by atoms with Crippen molar-refractivity contribution in [3.63, 3.8) is 0 Å². The number of hydrogen-bond acceptors (Lipinski definition) is 4. The van der Waals surface area contributed by atoms with Crippen LogP contribution in [-0.4, -0.2) is 48.3 Å². The first-order valence-electron chi connectivity index (χ1n) is 8.39. The van der Waals surface area contributed by atoms with E-state index in [4.69, 9.17) is 9.47 Å². The number of nitrogens with zero attached hydrogens (tertiary/aromatic N) is 1. The first-order chi connectivity index (χ1) is 12.1. The summed E-state index contributed by atoms with van der Waals surface area (Å²) in [5, 5.41) is 10.7. The van der Waals surface area contributed by atoms with Gasteiger partial charge in [0.15, 0.2) is 0 Å². The summed E-state index contributed by atoms with van der Waals surface area (Å²) in [6.07, 6.45) is 0.841. The number of carbonyl (C=O) groups is 1. The minimum Gasteiger partial charge on any atom is -0.497 e.